The standard InChI is InChI=1S/C9H18O2/c1-8(9(2)11)6-4-3-5-7-10/h3-4,8-11H,5-7H2,1-2H3/b4-3+/t8?,9-/m0/s1. The molecule has 0 rings (SSSR count). The van der Waals surface area contributed by atoms with E-state index in [1.165, 1.54) is 0 Å². The molecule has 0 amide bonds. The molecule has 2 nitrogen and oxygen atoms in total. The summed E-state index contributed by atoms with van der Waals surface area (Å²) in [7, 11) is 0. The number of allylic oxidation sites excluding steroid dienone is 1. The molecule has 0 aromatic rings. The summed E-state index contributed by atoms with van der Waals surface area (Å²) in [5, 5.41) is 17.5. The quantitative estimate of drug-likeness (QED) is 0.593. The molecule has 0 spiro atoms. The Balaban J connectivity index is 3.36. The molecule has 0 radical (unpaired) electrons. The molecule has 0 heterocycles. The van der Waals surface area contributed by atoms with Crippen LogP contribution in [0.1, 0.15) is 26.7 Å². The molecule has 0 bridgehead atoms. The predicted molar refractivity (Wildman–Crippen MR) is 46.3 cm³/mol. The average Bonchev–Trinajstić information content (AvgIpc) is 1.97. The van der Waals surface area contributed by atoms with E-state index in [2.05, 4.69) is 0 Å². The van der Waals surface area contributed by atoms with E-state index >= 15 is 0 Å². The monoisotopic (exact) mass is 158 g/mol. The Hall–Kier alpha value is -0.340. The normalized spacial score (nSPS) is 17.1. The molecule has 0 fully saturated rings. The maximum Gasteiger partial charge on any atom is 0.0540 e. The van der Waals surface area contributed by atoms with E-state index in [0.717, 1.165) is 6.42 Å². The van der Waals surface area contributed by atoms with Crippen molar-refractivity contribution in [2.24, 2.45) is 5.92 Å². The van der Waals surface area contributed by atoms with Crippen LogP contribution < -0.4 is 0 Å². The molecule has 0 aliphatic carbocycles. The number of rotatable bonds is 5. The van der Waals surface area contributed by atoms with Crippen LogP contribution >= 0.6 is 0 Å². The summed E-state index contributed by atoms with van der Waals surface area (Å²) in [6, 6.07) is 0. The summed E-state index contributed by atoms with van der Waals surface area (Å²) in [5.41, 5.74) is 0. The lowest BCUT2D eigenvalue weighted by atomic mass is 10.0. The van der Waals surface area contributed by atoms with Crippen molar-refractivity contribution in [3.05, 3.63) is 12.2 Å². The van der Waals surface area contributed by atoms with Crippen molar-refractivity contribution in [1.29, 1.82) is 0 Å². The highest BCUT2D eigenvalue weighted by atomic mass is 16.3. The van der Waals surface area contributed by atoms with Gasteiger partial charge in [0.15, 0.2) is 0 Å². The SMILES string of the molecule is CC(C/C=C/CCO)[C@H](C)O. The van der Waals surface area contributed by atoms with Crippen LogP contribution in [0.25, 0.3) is 0 Å². The van der Waals surface area contributed by atoms with E-state index in [9.17, 15) is 0 Å². The molecule has 1 unspecified atom stereocenters. The van der Waals surface area contributed by atoms with Gasteiger partial charge in [-0.15, -0.1) is 0 Å². The molecule has 0 saturated carbocycles. The lowest BCUT2D eigenvalue weighted by Crippen LogP contribution is -2.11. The maximum absolute atomic E-state index is 9.09. The summed E-state index contributed by atoms with van der Waals surface area (Å²) >= 11 is 0. The van der Waals surface area contributed by atoms with E-state index in [0.29, 0.717) is 12.3 Å². The minimum atomic E-state index is -0.242. The fourth-order valence-electron chi connectivity index (χ4n) is 0.700. The molecule has 11 heavy (non-hydrogen) atoms. The van der Waals surface area contributed by atoms with Gasteiger partial charge in [-0.05, 0) is 25.7 Å². The number of hydrogen-bond donors (Lipinski definition) is 2. The van der Waals surface area contributed by atoms with Gasteiger partial charge in [-0.25, -0.2) is 0 Å². The summed E-state index contributed by atoms with van der Waals surface area (Å²) in [6.45, 7) is 4.01. The summed E-state index contributed by atoms with van der Waals surface area (Å²) in [4.78, 5) is 0. The Morgan fingerprint density at radius 3 is 2.36 bits per heavy atom. The Morgan fingerprint density at radius 1 is 1.27 bits per heavy atom. The largest absolute Gasteiger partial charge is 0.396 e. The predicted octanol–water partition coefficient (Wildman–Crippen LogP) is 1.33. The van der Waals surface area contributed by atoms with Crippen molar-refractivity contribution in [2.45, 2.75) is 32.8 Å². The summed E-state index contributed by atoms with van der Waals surface area (Å²) in [6.07, 6.45) is 5.31. The minimum absolute atomic E-state index is 0.208. The van der Waals surface area contributed by atoms with Gasteiger partial charge in [-0.3, -0.25) is 0 Å². The molecule has 0 aromatic carbocycles. The fourth-order valence-corrected chi connectivity index (χ4v) is 0.700. The van der Waals surface area contributed by atoms with Gasteiger partial charge in [-0.2, -0.15) is 0 Å². The maximum atomic E-state index is 9.09. The number of aliphatic hydroxyl groups is 2. The van der Waals surface area contributed by atoms with E-state index in [4.69, 9.17) is 10.2 Å². The van der Waals surface area contributed by atoms with Crippen LogP contribution in [-0.4, -0.2) is 22.9 Å². The van der Waals surface area contributed by atoms with Crippen LogP contribution in [0, 0.1) is 5.92 Å². The van der Waals surface area contributed by atoms with Crippen molar-refractivity contribution in [2.75, 3.05) is 6.61 Å². The van der Waals surface area contributed by atoms with Crippen LogP contribution in [-0.2, 0) is 0 Å². The van der Waals surface area contributed by atoms with Crippen molar-refractivity contribution in [3.63, 3.8) is 0 Å². The zero-order valence-electron chi connectivity index (χ0n) is 7.33. The van der Waals surface area contributed by atoms with Crippen LogP contribution in [0.2, 0.25) is 0 Å². The zero-order chi connectivity index (χ0) is 8.69. The highest BCUT2D eigenvalue weighted by Crippen LogP contribution is 2.07. The number of hydrogen-bond acceptors (Lipinski definition) is 2. The first-order valence-corrected chi connectivity index (χ1v) is 4.12. The Kier molecular flexibility index (Phi) is 6.18. The fraction of sp³-hybridized carbons (Fsp3) is 0.778. The van der Waals surface area contributed by atoms with Crippen molar-refractivity contribution in [3.8, 4) is 0 Å². The topological polar surface area (TPSA) is 40.5 Å². The Labute approximate surface area is 68.6 Å². The smallest absolute Gasteiger partial charge is 0.0540 e. The van der Waals surface area contributed by atoms with Crippen LogP contribution in [0.3, 0.4) is 0 Å². The van der Waals surface area contributed by atoms with Crippen molar-refractivity contribution < 1.29 is 10.2 Å². The van der Waals surface area contributed by atoms with Gasteiger partial charge in [0, 0.05) is 6.61 Å². The molecule has 2 heteroatoms. The van der Waals surface area contributed by atoms with Gasteiger partial charge in [0.2, 0.25) is 0 Å². The highest BCUT2D eigenvalue weighted by molar-refractivity contribution is 4.83. The molecule has 2 atom stereocenters. The third kappa shape index (κ3) is 6.07. The third-order valence-corrected chi connectivity index (χ3v) is 1.79. The second-order valence-electron chi connectivity index (χ2n) is 2.94. The van der Waals surface area contributed by atoms with E-state index in [1.807, 2.05) is 19.1 Å². The second kappa shape index (κ2) is 6.38. The van der Waals surface area contributed by atoms with Gasteiger partial charge in [0.25, 0.3) is 0 Å². The molecule has 0 aliphatic heterocycles. The third-order valence-electron chi connectivity index (χ3n) is 1.79. The van der Waals surface area contributed by atoms with E-state index in [-0.39, 0.29) is 12.7 Å². The molecule has 0 saturated heterocycles. The van der Waals surface area contributed by atoms with Gasteiger partial charge in [-0.1, -0.05) is 19.1 Å². The first-order valence-electron chi connectivity index (χ1n) is 4.12. The molecular weight excluding hydrogens is 140 g/mol. The minimum Gasteiger partial charge on any atom is -0.396 e. The Bertz CT molecular complexity index is 108. The van der Waals surface area contributed by atoms with Gasteiger partial charge >= 0.3 is 0 Å². The molecule has 2 N–H and O–H groups in total. The highest BCUT2D eigenvalue weighted by Gasteiger charge is 2.04. The van der Waals surface area contributed by atoms with Crippen LogP contribution in [0.5, 0.6) is 0 Å². The first-order chi connectivity index (χ1) is 5.18. The molecule has 0 aliphatic rings. The molecule has 0 aromatic heterocycles. The average molecular weight is 158 g/mol. The van der Waals surface area contributed by atoms with Gasteiger partial charge in [0.05, 0.1) is 6.10 Å². The lowest BCUT2D eigenvalue weighted by Gasteiger charge is -2.10. The van der Waals surface area contributed by atoms with E-state index < -0.39 is 0 Å². The van der Waals surface area contributed by atoms with E-state index in [1.54, 1.807) is 6.92 Å². The first kappa shape index (κ1) is 10.7. The second-order valence-corrected chi connectivity index (χ2v) is 2.94. The molecular formula is C9H18O2. The molecule has 66 valence electrons. The summed E-state index contributed by atoms with van der Waals surface area (Å²) in [5.74, 6) is 0.310. The summed E-state index contributed by atoms with van der Waals surface area (Å²) < 4.78 is 0. The lowest BCUT2D eigenvalue weighted by molar-refractivity contribution is 0.136. The zero-order valence-corrected chi connectivity index (χ0v) is 7.33. The Morgan fingerprint density at radius 2 is 1.91 bits per heavy atom. The van der Waals surface area contributed by atoms with Crippen LogP contribution in [0.4, 0.5) is 0 Å². The van der Waals surface area contributed by atoms with Crippen molar-refractivity contribution >= 4 is 0 Å². The van der Waals surface area contributed by atoms with Gasteiger partial charge < -0.3 is 10.2 Å². The van der Waals surface area contributed by atoms with Crippen molar-refractivity contribution in [1.82, 2.24) is 0 Å². The number of aliphatic hydroxyl groups excluding tert-OH is 2. The van der Waals surface area contributed by atoms with Crippen LogP contribution in [0.15, 0.2) is 12.2 Å². The van der Waals surface area contributed by atoms with Gasteiger partial charge in [0.1, 0.15) is 0 Å².